The molecule has 0 bridgehead atoms. The topological polar surface area (TPSA) is 106 Å². The maximum absolute atomic E-state index is 12.9. The molecule has 1 aromatic heterocycles. The quantitative estimate of drug-likeness (QED) is 0.699. The molecule has 30 heavy (non-hydrogen) atoms. The van der Waals surface area contributed by atoms with E-state index in [9.17, 15) is 19.5 Å². The molecule has 1 saturated carbocycles. The minimum absolute atomic E-state index is 0.128. The molecule has 4 rings (SSSR count). The molecule has 2 aliphatic rings. The van der Waals surface area contributed by atoms with Gasteiger partial charge in [0.1, 0.15) is 0 Å². The zero-order chi connectivity index (χ0) is 21.3. The van der Waals surface area contributed by atoms with E-state index in [4.69, 9.17) is 9.47 Å². The molecular formula is C22H22N2O6. The van der Waals surface area contributed by atoms with Crippen LogP contribution in [0.1, 0.15) is 64.4 Å². The van der Waals surface area contributed by atoms with Crippen LogP contribution in [-0.4, -0.2) is 46.0 Å². The van der Waals surface area contributed by atoms with Gasteiger partial charge in [-0.25, -0.2) is 0 Å². The van der Waals surface area contributed by atoms with E-state index in [1.807, 2.05) is 0 Å². The molecule has 0 radical (unpaired) electrons. The lowest BCUT2D eigenvalue weighted by Crippen LogP contribution is -2.35. The van der Waals surface area contributed by atoms with Gasteiger partial charge in [-0.3, -0.25) is 24.3 Å². The summed E-state index contributed by atoms with van der Waals surface area (Å²) in [6, 6.07) is 5.51. The van der Waals surface area contributed by atoms with E-state index in [0.717, 1.165) is 30.6 Å². The van der Waals surface area contributed by atoms with Gasteiger partial charge in [0.25, 0.3) is 11.8 Å². The van der Waals surface area contributed by atoms with Gasteiger partial charge >= 0.3 is 5.97 Å². The number of carbonyl (C=O) groups excluding carboxylic acids is 2. The van der Waals surface area contributed by atoms with Crippen LogP contribution in [0.3, 0.4) is 0 Å². The number of methoxy groups -OCH3 is 1. The van der Waals surface area contributed by atoms with Crippen LogP contribution >= 0.6 is 0 Å². The van der Waals surface area contributed by atoms with Crippen LogP contribution in [-0.2, 0) is 4.79 Å². The molecule has 2 amide bonds. The molecule has 1 fully saturated rings. The average molecular weight is 410 g/mol. The van der Waals surface area contributed by atoms with Crippen LogP contribution < -0.4 is 9.47 Å². The highest BCUT2D eigenvalue weighted by atomic mass is 16.5. The summed E-state index contributed by atoms with van der Waals surface area (Å²) in [6.07, 6.45) is 6.67. The van der Waals surface area contributed by atoms with Crippen LogP contribution in [0.2, 0.25) is 0 Å². The highest BCUT2D eigenvalue weighted by molar-refractivity contribution is 6.21. The van der Waals surface area contributed by atoms with Gasteiger partial charge in [0.15, 0.2) is 11.5 Å². The van der Waals surface area contributed by atoms with Crippen molar-refractivity contribution in [2.75, 3.05) is 7.11 Å². The lowest BCUT2D eigenvalue weighted by Gasteiger charge is -2.26. The molecular weight excluding hydrogens is 388 g/mol. The molecule has 1 aromatic carbocycles. The van der Waals surface area contributed by atoms with Gasteiger partial charge in [-0.1, -0.05) is 6.07 Å². The number of carbonyl (C=O) groups is 3. The Morgan fingerprint density at radius 3 is 2.57 bits per heavy atom. The van der Waals surface area contributed by atoms with E-state index in [2.05, 4.69) is 4.98 Å². The molecule has 1 aliphatic heterocycles. The minimum Gasteiger partial charge on any atom is -0.493 e. The Morgan fingerprint density at radius 2 is 1.90 bits per heavy atom. The number of hydrogen-bond acceptors (Lipinski definition) is 6. The predicted octanol–water partition coefficient (Wildman–Crippen LogP) is 3.22. The molecule has 0 saturated heterocycles. The van der Waals surface area contributed by atoms with E-state index >= 15 is 0 Å². The van der Waals surface area contributed by atoms with Crippen molar-refractivity contribution in [1.29, 1.82) is 0 Å². The molecule has 156 valence electrons. The van der Waals surface area contributed by atoms with Crippen LogP contribution in [0.4, 0.5) is 0 Å². The summed E-state index contributed by atoms with van der Waals surface area (Å²) in [6.45, 7) is 0. The molecule has 8 nitrogen and oxygen atoms in total. The maximum Gasteiger partial charge on any atom is 0.305 e. The number of aromatic nitrogens is 1. The molecule has 1 N–H and O–H groups in total. The number of benzene rings is 1. The molecule has 2 aromatic rings. The Bertz CT molecular complexity index is 964. The van der Waals surface area contributed by atoms with E-state index < -0.39 is 30.2 Å². The van der Waals surface area contributed by atoms with E-state index in [0.29, 0.717) is 17.1 Å². The third-order valence-corrected chi connectivity index (χ3v) is 5.57. The van der Waals surface area contributed by atoms with Crippen molar-refractivity contribution in [2.45, 2.75) is 44.2 Å². The molecule has 1 atom stereocenters. The van der Waals surface area contributed by atoms with Gasteiger partial charge in [0.05, 0.1) is 36.8 Å². The Labute approximate surface area is 173 Å². The van der Waals surface area contributed by atoms with Gasteiger partial charge in [0.2, 0.25) is 0 Å². The summed E-state index contributed by atoms with van der Waals surface area (Å²) in [4.78, 5) is 42.2. The van der Waals surface area contributed by atoms with E-state index in [1.165, 1.54) is 25.6 Å². The number of hydrogen-bond donors (Lipinski definition) is 1. The number of fused-ring (bicyclic) bond motifs is 1. The number of imide groups is 1. The van der Waals surface area contributed by atoms with Crippen LogP contribution in [0.5, 0.6) is 11.5 Å². The molecule has 0 spiro atoms. The van der Waals surface area contributed by atoms with Crippen LogP contribution in [0, 0.1) is 0 Å². The Hall–Kier alpha value is -3.42. The summed E-state index contributed by atoms with van der Waals surface area (Å²) in [7, 11) is 1.50. The molecule has 1 aliphatic carbocycles. The lowest BCUT2D eigenvalue weighted by atomic mass is 10.0. The number of ether oxygens (including phenoxy) is 2. The Kier molecular flexibility index (Phi) is 5.39. The van der Waals surface area contributed by atoms with E-state index in [-0.39, 0.29) is 17.2 Å². The number of amides is 2. The van der Waals surface area contributed by atoms with Gasteiger partial charge in [-0.2, -0.15) is 0 Å². The zero-order valence-electron chi connectivity index (χ0n) is 16.5. The lowest BCUT2D eigenvalue weighted by molar-refractivity contribution is -0.138. The van der Waals surface area contributed by atoms with Gasteiger partial charge < -0.3 is 14.6 Å². The van der Waals surface area contributed by atoms with Crippen LogP contribution in [0.25, 0.3) is 0 Å². The fraction of sp³-hybridized carbons (Fsp3) is 0.364. The number of carboxylic acids is 1. The third-order valence-electron chi connectivity index (χ3n) is 5.57. The van der Waals surface area contributed by atoms with Crippen molar-refractivity contribution in [3.63, 3.8) is 0 Å². The summed E-state index contributed by atoms with van der Waals surface area (Å²) < 4.78 is 11.5. The first kappa shape index (κ1) is 19.9. The summed E-state index contributed by atoms with van der Waals surface area (Å²) >= 11 is 0. The monoisotopic (exact) mass is 410 g/mol. The van der Waals surface area contributed by atoms with Crippen molar-refractivity contribution in [3.05, 3.63) is 53.3 Å². The van der Waals surface area contributed by atoms with Crippen molar-refractivity contribution >= 4 is 17.8 Å². The highest BCUT2D eigenvalue weighted by Crippen LogP contribution is 2.38. The SMILES string of the molecule is COc1cc(C(CC(=O)O)N2C(=O)c3ccncc3C2=O)ccc1OC1CCCC1. The van der Waals surface area contributed by atoms with Crippen LogP contribution in [0.15, 0.2) is 36.7 Å². The number of rotatable bonds is 7. The summed E-state index contributed by atoms with van der Waals surface area (Å²) in [5.74, 6) is -1.21. The fourth-order valence-electron chi connectivity index (χ4n) is 4.08. The molecule has 8 heteroatoms. The van der Waals surface area contributed by atoms with Gasteiger partial charge in [-0.05, 0) is 49.4 Å². The maximum atomic E-state index is 12.9. The van der Waals surface area contributed by atoms with Crippen molar-refractivity contribution < 1.29 is 29.0 Å². The van der Waals surface area contributed by atoms with Gasteiger partial charge in [-0.15, -0.1) is 0 Å². The normalized spacial score (nSPS) is 17.2. The van der Waals surface area contributed by atoms with E-state index in [1.54, 1.807) is 18.2 Å². The van der Waals surface area contributed by atoms with Crippen molar-refractivity contribution in [1.82, 2.24) is 9.88 Å². The van der Waals surface area contributed by atoms with Crippen molar-refractivity contribution in [2.24, 2.45) is 0 Å². The number of pyridine rings is 1. The van der Waals surface area contributed by atoms with Crippen molar-refractivity contribution in [3.8, 4) is 11.5 Å². The zero-order valence-corrected chi connectivity index (χ0v) is 16.5. The standard InChI is InChI=1S/C22H22N2O6/c1-29-19-10-13(6-7-18(19)30-14-4-2-3-5-14)17(11-20(25)26)24-21(27)15-8-9-23-12-16(15)22(24)28/h6-10,12,14,17H,2-5,11H2,1H3,(H,25,26). The second kappa shape index (κ2) is 8.14. The second-order valence-corrected chi connectivity index (χ2v) is 7.45. The first-order valence-electron chi connectivity index (χ1n) is 9.88. The highest BCUT2D eigenvalue weighted by Gasteiger charge is 2.41. The Morgan fingerprint density at radius 1 is 1.17 bits per heavy atom. The fourth-order valence-corrected chi connectivity index (χ4v) is 4.08. The predicted molar refractivity (Wildman–Crippen MR) is 106 cm³/mol. The molecule has 1 unspecified atom stereocenters. The Balaban J connectivity index is 1.68. The minimum atomic E-state index is -1.13. The number of carboxylic acid groups (broad SMARTS) is 1. The number of nitrogens with zero attached hydrogens (tertiary/aromatic N) is 2. The smallest absolute Gasteiger partial charge is 0.305 e. The average Bonchev–Trinajstić information content (AvgIpc) is 3.34. The first-order chi connectivity index (χ1) is 14.5. The second-order valence-electron chi connectivity index (χ2n) is 7.45. The first-order valence-corrected chi connectivity index (χ1v) is 9.88. The number of aliphatic carboxylic acids is 1. The third kappa shape index (κ3) is 3.60. The summed E-state index contributed by atoms with van der Waals surface area (Å²) in [5.41, 5.74) is 0.875. The van der Waals surface area contributed by atoms with Gasteiger partial charge in [0, 0.05) is 12.4 Å². The molecule has 2 heterocycles. The summed E-state index contributed by atoms with van der Waals surface area (Å²) in [5, 5.41) is 9.45. The largest absolute Gasteiger partial charge is 0.493 e.